The molecule has 0 amide bonds. The second-order valence-corrected chi connectivity index (χ2v) is 5.00. The monoisotopic (exact) mass is 278 g/mol. The Morgan fingerprint density at radius 2 is 2.21 bits per heavy atom. The van der Waals surface area contributed by atoms with Gasteiger partial charge in [0.25, 0.3) is 0 Å². The zero-order valence-corrected chi connectivity index (χ0v) is 11.4. The molecule has 0 saturated carbocycles. The van der Waals surface area contributed by atoms with Crippen molar-refractivity contribution in [1.29, 1.82) is 0 Å². The van der Waals surface area contributed by atoms with E-state index in [0.29, 0.717) is 0 Å². The summed E-state index contributed by atoms with van der Waals surface area (Å²) in [7, 11) is 1.43. The molecule has 0 aliphatic carbocycles. The summed E-state index contributed by atoms with van der Waals surface area (Å²) in [4.78, 5) is 11.6. The Hall–Kier alpha value is -2.08. The maximum absolute atomic E-state index is 10.8. The van der Waals surface area contributed by atoms with E-state index in [4.69, 9.17) is 4.74 Å². The van der Waals surface area contributed by atoms with Gasteiger partial charge in [-0.3, -0.25) is 10.1 Å². The predicted octanol–water partition coefficient (Wildman–Crippen LogP) is 3.84. The smallest absolute Gasteiger partial charge is 0.311 e. The quantitative estimate of drug-likeness (QED) is 0.666. The zero-order valence-electron chi connectivity index (χ0n) is 10.6. The van der Waals surface area contributed by atoms with Gasteiger partial charge in [-0.1, -0.05) is 6.07 Å². The summed E-state index contributed by atoms with van der Waals surface area (Å²) in [6.07, 6.45) is 0. The fourth-order valence-corrected chi connectivity index (χ4v) is 2.51. The Labute approximate surface area is 115 Å². The Morgan fingerprint density at radius 1 is 1.42 bits per heavy atom. The summed E-state index contributed by atoms with van der Waals surface area (Å²) in [6.45, 7) is 2.04. The lowest BCUT2D eigenvalue weighted by atomic mass is 10.2. The lowest BCUT2D eigenvalue weighted by Gasteiger charge is -2.14. The standard InChI is InChI=1S/C13H14N2O3S/c1-9(13-4-3-7-19-13)14-10-5-6-11(15(16)17)12(8-10)18-2/h3-9,14H,1-2H3. The molecular weight excluding hydrogens is 264 g/mol. The molecule has 5 nitrogen and oxygen atoms in total. The first-order valence-corrected chi connectivity index (χ1v) is 6.62. The number of anilines is 1. The third-order valence-corrected chi connectivity index (χ3v) is 3.78. The number of nitrogens with zero attached hydrogens (tertiary/aromatic N) is 1. The van der Waals surface area contributed by atoms with Crippen LogP contribution in [0.15, 0.2) is 35.7 Å². The second-order valence-electron chi connectivity index (χ2n) is 4.03. The van der Waals surface area contributed by atoms with Gasteiger partial charge >= 0.3 is 5.69 Å². The van der Waals surface area contributed by atoms with E-state index in [-0.39, 0.29) is 17.5 Å². The topological polar surface area (TPSA) is 64.4 Å². The van der Waals surface area contributed by atoms with Gasteiger partial charge in [-0.15, -0.1) is 11.3 Å². The molecule has 1 aromatic carbocycles. The first-order valence-electron chi connectivity index (χ1n) is 5.74. The van der Waals surface area contributed by atoms with Crippen molar-refractivity contribution in [1.82, 2.24) is 0 Å². The third kappa shape index (κ3) is 3.03. The predicted molar refractivity (Wildman–Crippen MR) is 76.0 cm³/mol. The molecule has 0 spiro atoms. The normalized spacial score (nSPS) is 11.9. The first-order chi connectivity index (χ1) is 9.11. The Morgan fingerprint density at radius 3 is 2.79 bits per heavy atom. The number of hydrogen-bond acceptors (Lipinski definition) is 5. The summed E-state index contributed by atoms with van der Waals surface area (Å²) >= 11 is 1.67. The average Bonchev–Trinajstić information content (AvgIpc) is 2.92. The van der Waals surface area contributed by atoms with Crippen molar-refractivity contribution in [2.24, 2.45) is 0 Å². The van der Waals surface area contributed by atoms with Gasteiger partial charge < -0.3 is 10.1 Å². The summed E-state index contributed by atoms with van der Waals surface area (Å²) < 4.78 is 5.04. The number of hydrogen-bond donors (Lipinski definition) is 1. The molecule has 1 N–H and O–H groups in total. The summed E-state index contributed by atoms with van der Waals surface area (Å²) in [5.74, 6) is 0.258. The SMILES string of the molecule is COc1cc(NC(C)c2cccs2)ccc1[N+](=O)[O-]. The highest BCUT2D eigenvalue weighted by molar-refractivity contribution is 7.10. The maximum Gasteiger partial charge on any atom is 0.311 e. The van der Waals surface area contributed by atoms with Crippen LogP contribution in [-0.4, -0.2) is 12.0 Å². The van der Waals surface area contributed by atoms with Crippen molar-refractivity contribution >= 4 is 22.7 Å². The van der Waals surface area contributed by atoms with Crippen LogP contribution in [0.2, 0.25) is 0 Å². The molecule has 1 aromatic heterocycles. The van der Waals surface area contributed by atoms with Crippen molar-refractivity contribution < 1.29 is 9.66 Å². The number of nitro groups is 1. The minimum absolute atomic E-state index is 0.0307. The summed E-state index contributed by atoms with van der Waals surface area (Å²) in [5.41, 5.74) is 0.764. The van der Waals surface area contributed by atoms with Gasteiger partial charge in [0.2, 0.25) is 0 Å². The third-order valence-electron chi connectivity index (χ3n) is 2.73. The highest BCUT2D eigenvalue weighted by Gasteiger charge is 2.15. The second kappa shape index (κ2) is 5.71. The van der Waals surface area contributed by atoms with Crippen molar-refractivity contribution in [3.05, 3.63) is 50.7 Å². The molecular formula is C13H14N2O3S. The van der Waals surface area contributed by atoms with Crippen molar-refractivity contribution in [3.63, 3.8) is 0 Å². The highest BCUT2D eigenvalue weighted by atomic mass is 32.1. The number of nitrogens with one attached hydrogen (secondary N) is 1. The number of benzene rings is 1. The number of thiophene rings is 1. The van der Waals surface area contributed by atoms with Gasteiger partial charge in [0.15, 0.2) is 5.75 Å². The minimum Gasteiger partial charge on any atom is -0.490 e. The fraction of sp³-hybridized carbons (Fsp3) is 0.231. The van der Waals surface area contributed by atoms with E-state index in [1.165, 1.54) is 18.1 Å². The molecule has 0 saturated heterocycles. The lowest BCUT2D eigenvalue weighted by molar-refractivity contribution is -0.385. The van der Waals surface area contributed by atoms with Gasteiger partial charge in [-0.2, -0.15) is 0 Å². The number of methoxy groups -OCH3 is 1. The highest BCUT2D eigenvalue weighted by Crippen LogP contribution is 2.31. The molecule has 19 heavy (non-hydrogen) atoms. The number of ether oxygens (including phenoxy) is 1. The maximum atomic E-state index is 10.8. The molecule has 6 heteroatoms. The van der Waals surface area contributed by atoms with Crippen LogP contribution in [0.3, 0.4) is 0 Å². The largest absolute Gasteiger partial charge is 0.490 e. The Balaban J connectivity index is 2.20. The first kappa shape index (κ1) is 13.4. The van der Waals surface area contributed by atoms with Crippen molar-refractivity contribution in [2.45, 2.75) is 13.0 Å². The van der Waals surface area contributed by atoms with Crippen LogP contribution in [-0.2, 0) is 0 Å². The van der Waals surface area contributed by atoms with Crippen molar-refractivity contribution in [3.8, 4) is 5.75 Å². The summed E-state index contributed by atoms with van der Waals surface area (Å²) in [6, 6.07) is 8.96. The molecule has 0 fully saturated rings. The molecule has 0 radical (unpaired) electrons. The van der Waals surface area contributed by atoms with Gasteiger partial charge in [0.05, 0.1) is 18.1 Å². The van der Waals surface area contributed by atoms with E-state index in [0.717, 1.165) is 5.69 Å². The van der Waals surface area contributed by atoms with E-state index in [1.54, 1.807) is 23.5 Å². The van der Waals surface area contributed by atoms with Crippen LogP contribution in [0.1, 0.15) is 17.8 Å². The van der Waals surface area contributed by atoms with E-state index >= 15 is 0 Å². The Kier molecular flexibility index (Phi) is 4.01. The van der Waals surface area contributed by atoms with Crippen LogP contribution in [0, 0.1) is 10.1 Å². The number of rotatable bonds is 5. The molecule has 1 atom stereocenters. The Bertz CT molecular complexity index is 569. The summed E-state index contributed by atoms with van der Waals surface area (Å²) in [5, 5.41) is 16.1. The van der Waals surface area contributed by atoms with Crippen LogP contribution >= 0.6 is 11.3 Å². The van der Waals surface area contributed by atoms with Crippen LogP contribution in [0.25, 0.3) is 0 Å². The average molecular weight is 278 g/mol. The molecule has 2 rings (SSSR count). The van der Waals surface area contributed by atoms with Gasteiger partial charge in [-0.05, 0) is 24.4 Å². The number of nitro benzene ring substituents is 1. The lowest BCUT2D eigenvalue weighted by Crippen LogP contribution is -2.05. The van der Waals surface area contributed by atoms with E-state index in [2.05, 4.69) is 5.32 Å². The molecule has 0 aliphatic heterocycles. The molecule has 1 heterocycles. The zero-order chi connectivity index (χ0) is 13.8. The molecule has 1 unspecified atom stereocenters. The van der Waals surface area contributed by atoms with Crippen LogP contribution in [0.4, 0.5) is 11.4 Å². The van der Waals surface area contributed by atoms with Gasteiger partial charge in [0.1, 0.15) is 0 Å². The van der Waals surface area contributed by atoms with E-state index in [9.17, 15) is 10.1 Å². The van der Waals surface area contributed by atoms with Gasteiger partial charge in [0, 0.05) is 22.7 Å². The van der Waals surface area contributed by atoms with E-state index in [1.807, 2.05) is 24.4 Å². The molecule has 100 valence electrons. The van der Waals surface area contributed by atoms with Crippen LogP contribution < -0.4 is 10.1 Å². The van der Waals surface area contributed by atoms with Crippen molar-refractivity contribution in [2.75, 3.05) is 12.4 Å². The molecule has 0 bridgehead atoms. The van der Waals surface area contributed by atoms with E-state index < -0.39 is 4.92 Å². The minimum atomic E-state index is -0.453. The van der Waals surface area contributed by atoms with Gasteiger partial charge in [-0.25, -0.2) is 0 Å². The molecule has 2 aromatic rings. The van der Waals surface area contributed by atoms with Crippen LogP contribution in [0.5, 0.6) is 5.75 Å². The fourth-order valence-electron chi connectivity index (χ4n) is 1.78. The molecule has 0 aliphatic rings.